The minimum absolute atomic E-state index is 0.116. The summed E-state index contributed by atoms with van der Waals surface area (Å²) in [5, 5.41) is 4.03. The number of carbonyl (C=O) groups excluding carboxylic acids is 1. The van der Waals surface area contributed by atoms with Crippen LogP contribution < -0.4 is 24.4 Å². The molecule has 0 heterocycles. The second kappa shape index (κ2) is 12.5. The maximum atomic E-state index is 12.5. The summed E-state index contributed by atoms with van der Waals surface area (Å²) in [6.45, 7) is 5.04. The molecule has 0 aliphatic heterocycles. The molecule has 1 N–H and O–H groups in total. The number of nitrogens with one attached hydrogen (secondary N) is 1. The Morgan fingerprint density at radius 3 is 2.65 bits per heavy atom. The van der Waals surface area contributed by atoms with Gasteiger partial charge in [0.25, 0.3) is 5.91 Å². The molecule has 1 amide bonds. The van der Waals surface area contributed by atoms with Gasteiger partial charge in [-0.05, 0) is 65.2 Å². The van der Waals surface area contributed by atoms with Crippen LogP contribution in [0.3, 0.4) is 0 Å². The van der Waals surface area contributed by atoms with E-state index in [4.69, 9.17) is 25.4 Å². The smallest absolute Gasteiger partial charge is 0.271 e. The Balaban J connectivity index is 2.12. The van der Waals surface area contributed by atoms with Gasteiger partial charge < -0.3 is 18.9 Å². The van der Waals surface area contributed by atoms with Gasteiger partial charge in [0.15, 0.2) is 23.0 Å². The lowest BCUT2D eigenvalue weighted by Crippen LogP contribution is -2.17. The standard InChI is InChI=1S/C23H25BrN2O5/c1-5-10-30-19-9-8-17(14-20(19)29-7-3)23(27)26-25-15-16-12-18(24)22(31-11-6-2)21(13-16)28-4/h2,8-9,12-15H,5,7,10-11H2,1,3-4H3,(H,26,27)/b25-15+. The van der Waals surface area contributed by atoms with Crippen molar-refractivity contribution in [2.45, 2.75) is 20.3 Å². The molecular weight excluding hydrogens is 464 g/mol. The van der Waals surface area contributed by atoms with Gasteiger partial charge in [0.2, 0.25) is 0 Å². The third-order valence-electron chi connectivity index (χ3n) is 3.90. The van der Waals surface area contributed by atoms with Crippen molar-refractivity contribution in [2.75, 3.05) is 26.9 Å². The maximum absolute atomic E-state index is 12.5. The molecule has 0 unspecified atom stereocenters. The zero-order valence-electron chi connectivity index (χ0n) is 17.7. The van der Waals surface area contributed by atoms with E-state index in [-0.39, 0.29) is 12.5 Å². The van der Waals surface area contributed by atoms with E-state index in [1.54, 1.807) is 30.3 Å². The average Bonchev–Trinajstić information content (AvgIpc) is 2.77. The van der Waals surface area contributed by atoms with Crippen LogP contribution in [0.1, 0.15) is 36.2 Å². The van der Waals surface area contributed by atoms with Crippen molar-refractivity contribution in [1.82, 2.24) is 5.43 Å². The van der Waals surface area contributed by atoms with Crippen molar-refractivity contribution >= 4 is 28.1 Å². The highest BCUT2D eigenvalue weighted by Gasteiger charge is 2.12. The van der Waals surface area contributed by atoms with Crippen LogP contribution in [0.5, 0.6) is 23.0 Å². The highest BCUT2D eigenvalue weighted by Crippen LogP contribution is 2.36. The Bertz CT molecular complexity index is 969. The molecule has 0 saturated heterocycles. The second-order valence-corrected chi connectivity index (χ2v) is 7.02. The number of terminal acetylenes is 1. The largest absolute Gasteiger partial charge is 0.493 e. The van der Waals surface area contributed by atoms with E-state index in [1.807, 2.05) is 13.8 Å². The van der Waals surface area contributed by atoms with Crippen molar-refractivity contribution < 1.29 is 23.7 Å². The Labute approximate surface area is 190 Å². The zero-order chi connectivity index (χ0) is 22.6. The fourth-order valence-electron chi connectivity index (χ4n) is 2.55. The molecule has 7 nitrogen and oxygen atoms in total. The lowest BCUT2D eigenvalue weighted by atomic mass is 10.2. The van der Waals surface area contributed by atoms with Gasteiger partial charge in [-0.3, -0.25) is 4.79 Å². The van der Waals surface area contributed by atoms with Crippen LogP contribution in [-0.4, -0.2) is 39.1 Å². The minimum Gasteiger partial charge on any atom is -0.493 e. The molecule has 31 heavy (non-hydrogen) atoms. The molecule has 0 bridgehead atoms. The van der Waals surface area contributed by atoms with Gasteiger partial charge in [-0.1, -0.05) is 12.8 Å². The first-order chi connectivity index (χ1) is 15.0. The Hall–Kier alpha value is -3.18. The first kappa shape index (κ1) is 24.1. The molecule has 0 radical (unpaired) electrons. The van der Waals surface area contributed by atoms with Crippen LogP contribution in [0, 0.1) is 12.3 Å². The van der Waals surface area contributed by atoms with E-state index >= 15 is 0 Å². The normalized spacial score (nSPS) is 10.4. The van der Waals surface area contributed by atoms with Gasteiger partial charge >= 0.3 is 0 Å². The van der Waals surface area contributed by atoms with Gasteiger partial charge in [0.05, 0.1) is 31.0 Å². The third-order valence-corrected chi connectivity index (χ3v) is 4.49. The number of methoxy groups -OCH3 is 1. The van der Waals surface area contributed by atoms with E-state index in [9.17, 15) is 4.79 Å². The number of hydrogen-bond acceptors (Lipinski definition) is 6. The summed E-state index contributed by atoms with van der Waals surface area (Å²) in [7, 11) is 1.52. The zero-order valence-corrected chi connectivity index (χ0v) is 19.3. The molecule has 2 aromatic carbocycles. The lowest BCUT2D eigenvalue weighted by Gasteiger charge is -2.12. The van der Waals surface area contributed by atoms with Crippen LogP contribution in [0.2, 0.25) is 0 Å². The summed E-state index contributed by atoms with van der Waals surface area (Å²) in [5.41, 5.74) is 3.60. The Morgan fingerprint density at radius 1 is 1.16 bits per heavy atom. The molecule has 0 aromatic heterocycles. The van der Waals surface area contributed by atoms with E-state index in [0.29, 0.717) is 51.8 Å². The van der Waals surface area contributed by atoms with E-state index in [2.05, 4.69) is 32.4 Å². The number of carbonyl (C=O) groups is 1. The summed E-state index contributed by atoms with van der Waals surface area (Å²) in [6.07, 6.45) is 7.61. The van der Waals surface area contributed by atoms with Crippen molar-refractivity contribution in [3.63, 3.8) is 0 Å². The molecule has 2 rings (SSSR count). The van der Waals surface area contributed by atoms with Gasteiger partial charge in [0.1, 0.15) is 6.61 Å². The first-order valence-corrected chi connectivity index (χ1v) is 10.5. The highest BCUT2D eigenvalue weighted by atomic mass is 79.9. The van der Waals surface area contributed by atoms with E-state index in [0.717, 1.165) is 6.42 Å². The number of hydrazone groups is 1. The summed E-state index contributed by atoms with van der Waals surface area (Å²) in [4.78, 5) is 12.5. The SMILES string of the molecule is C#CCOc1c(Br)cc(/C=N/NC(=O)c2ccc(OCCC)c(OCC)c2)cc1OC. The van der Waals surface area contributed by atoms with Crippen LogP contribution in [-0.2, 0) is 0 Å². The number of amides is 1. The summed E-state index contributed by atoms with van der Waals surface area (Å²) < 4.78 is 22.7. The fraction of sp³-hybridized carbons (Fsp3) is 0.304. The Morgan fingerprint density at radius 2 is 1.97 bits per heavy atom. The minimum atomic E-state index is -0.376. The topological polar surface area (TPSA) is 78.4 Å². The number of halogens is 1. The molecular formula is C23H25BrN2O5. The van der Waals surface area contributed by atoms with Crippen molar-refractivity contribution in [2.24, 2.45) is 5.10 Å². The number of nitrogens with zero attached hydrogens (tertiary/aromatic N) is 1. The molecule has 0 saturated carbocycles. The molecule has 0 aliphatic rings. The van der Waals surface area contributed by atoms with Crippen molar-refractivity contribution in [3.05, 3.63) is 45.9 Å². The van der Waals surface area contributed by atoms with Gasteiger partial charge in [0, 0.05) is 5.56 Å². The Kier molecular flexibility index (Phi) is 9.72. The molecule has 0 fully saturated rings. The predicted molar refractivity (Wildman–Crippen MR) is 123 cm³/mol. The molecule has 2 aromatic rings. The molecule has 164 valence electrons. The monoisotopic (exact) mass is 488 g/mol. The van der Waals surface area contributed by atoms with Gasteiger partial charge in [-0.15, -0.1) is 6.42 Å². The number of hydrogen-bond donors (Lipinski definition) is 1. The predicted octanol–water partition coefficient (Wildman–Crippen LogP) is 4.42. The third kappa shape index (κ3) is 6.93. The van der Waals surface area contributed by atoms with Crippen LogP contribution in [0.15, 0.2) is 39.9 Å². The van der Waals surface area contributed by atoms with E-state index < -0.39 is 0 Å². The van der Waals surface area contributed by atoms with Crippen LogP contribution in [0.4, 0.5) is 0 Å². The van der Waals surface area contributed by atoms with Gasteiger partial charge in [-0.2, -0.15) is 5.10 Å². The van der Waals surface area contributed by atoms with Crippen molar-refractivity contribution in [3.8, 4) is 35.3 Å². The lowest BCUT2D eigenvalue weighted by molar-refractivity contribution is 0.0954. The van der Waals surface area contributed by atoms with Gasteiger partial charge in [-0.25, -0.2) is 5.43 Å². The van der Waals surface area contributed by atoms with Crippen LogP contribution >= 0.6 is 15.9 Å². The number of ether oxygens (including phenoxy) is 4. The summed E-state index contributed by atoms with van der Waals surface area (Å²) in [5.74, 6) is 4.14. The highest BCUT2D eigenvalue weighted by molar-refractivity contribution is 9.10. The first-order valence-electron chi connectivity index (χ1n) is 9.70. The molecule has 0 atom stereocenters. The molecule has 8 heteroatoms. The average molecular weight is 489 g/mol. The summed E-state index contributed by atoms with van der Waals surface area (Å²) in [6, 6.07) is 8.51. The molecule has 0 aliphatic carbocycles. The number of rotatable bonds is 11. The quantitative estimate of drug-likeness (QED) is 0.287. The summed E-state index contributed by atoms with van der Waals surface area (Å²) >= 11 is 3.43. The van der Waals surface area contributed by atoms with Crippen molar-refractivity contribution in [1.29, 1.82) is 0 Å². The van der Waals surface area contributed by atoms with E-state index in [1.165, 1.54) is 13.3 Å². The van der Waals surface area contributed by atoms with Crippen LogP contribution in [0.25, 0.3) is 0 Å². The number of benzene rings is 2. The molecule has 0 spiro atoms. The second-order valence-electron chi connectivity index (χ2n) is 6.17. The fourth-order valence-corrected chi connectivity index (χ4v) is 3.12. The maximum Gasteiger partial charge on any atom is 0.271 e.